The van der Waals surface area contributed by atoms with E-state index in [1.807, 2.05) is 71.6 Å². The highest BCUT2D eigenvalue weighted by atomic mass is 35.5. The van der Waals surface area contributed by atoms with Gasteiger partial charge in [0.15, 0.2) is 5.82 Å². The number of halogens is 1. The van der Waals surface area contributed by atoms with Gasteiger partial charge in [0.05, 0.1) is 0 Å². The summed E-state index contributed by atoms with van der Waals surface area (Å²) in [7, 11) is 0. The number of hydrogen-bond donors (Lipinski definition) is 0. The summed E-state index contributed by atoms with van der Waals surface area (Å²) >= 11 is 5.96. The summed E-state index contributed by atoms with van der Waals surface area (Å²) in [6.07, 6.45) is 9.40. The minimum Gasteiger partial charge on any atom is -0.336 e. The third-order valence-corrected chi connectivity index (χ3v) is 8.18. The zero-order valence-electron chi connectivity index (χ0n) is 24.7. The lowest BCUT2D eigenvalue weighted by molar-refractivity contribution is -0.144. The van der Waals surface area contributed by atoms with Crippen molar-refractivity contribution in [3.63, 3.8) is 0 Å². The van der Waals surface area contributed by atoms with Crippen molar-refractivity contribution in [1.82, 2.24) is 24.8 Å². The molecule has 45 heavy (non-hydrogen) atoms. The number of carbonyl (C=O) groups is 2. The Morgan fingerprint density at radius 2 is 1.56 bits per heavy atom. The smallest absolute Gasteiger partial charge is 0.247 e. The topological polar surface area (TPSA) is 79.3 Å². The summed E-state index contributed by atoms with van der Waals surface area (Å²) in [5.74, 6) is 0.281. The minimum atomic E-state index is -0.727. The van der Waals surface area contributed by atoms with E-state index < -0.39 is 6.04 Å². The van der Waals surface area contributed by atoms with Gasteiger partial charge in [0.25, 0.3) is 0 Å². The number of fused-ring (bicyclic) bond motifs is 1. The van der Waals surface area contributed by atoms with E-state index in [-0.39, 0.29) is 18.4 Å². The highest BCUT2D eigenvalue weighted by Gasteiger charge is 2.34. The Hall–Kier alpha value is -5.14. The average Bonchev–Trinajstić information content (AvgIpc) is 3.10. The molecular formula is C37H32ClN5O2. The van der Waals surface area contributed by atoms with Gasteiger partial charge < -0.3 is 9.80 Å². The van der Waals surface area contributed by atoms with E-state index >= 15 is 0 Å². The Balaban J connectivity index is 1.34. The number of aromatic nitrogens is 3. The molecule has 5 aromatic rings. The van der Waals surface area contributed by atoms with E-state index in [1.165, 1.54) is 11.6 Å². The van der Waals surface area contributed by atoms with Crippen LogP contribution in [0.3, 0.4) is 0 Å². The van der Waals surface area contributed by atoms with Gasteiger partial charge in [0, 0.05) is 56.3 Å². The van der Waals surface area contributed by atoms with Gasteiger partial charge in [0.1, 0.15) is 11.2 Å². The van der Waals surface area contributed by atoms with Crippen LogP contribution in [0.5, 0.6) is 0 Å². The van der Waals surface area contributed by atoms with Crippen LogP contribution in [0.25, 0.3) is 17.5 Å². The lowest BCUT2D eigenvalue weighted by Crippen LogP contribution is -2.52. The molecular weight excluding hydrogens is 582 g/mol. The standard InChI is InChI=1S/C37H32ClN5O2/c38-34-17-13-28(24-41-34)14-18-35(44)43(25-29-11-15-31(16-12-29)36-39-20-6-21-40-36)33(23-27-7-2-1-3-8-27)37(45)42-22-19-30-9-4-5-10-32(30)26-42/h1-18,20-21,24,33H,19,22-23,25-26H2/t33-/m0/s1. The zero-order chi connectivity index (χ0) is 31.0. The second-order valence-electron chi connectivity index (χ2n) is 11.0. The van der Waals surface area contributed by atoms with Crippen LogP contribution in [0.4, 0.5) is 0 Å². The van der Waals surface area contributed by atoms with Gasteiger partial charge in [-0.05, 0) is 52.4 Å². The molecule has 3 heterocycles. The molecule has 7 nitrogen and oxygen atoms in total. The second-order valence-corrected chi connectivity index (χ2v) is 11.4. The van der Waals surface area contributed by atoms with Gasteiger partial charge >= 0.3 is 0 Å². The van der Waals surface area contributed by atoms with Crippen molar-refractivity contribution >= 4 is 29.5 Å². The number of pyridine rings is 1. The quantitative estimate of drug-likeness (QED) is 0.141. The van der Waals surface area contributed by atoms with Crippen LogP contribution in [-0.4, -0.2) is 49.2 Å². The molecule has 6 rings (SSSR count). The Kier molecular flexibility index (Phi) is 9.37. The van der Waals surface area contributed by atoms with Crippen molar-refractivity contribution in [2.24, 2.45) is 0 Å². The molecule has 224 valence electrons. The predicted octanol–water partition coefficient (Wildman–Crippen LogP) is 6.43. The number of nitrogens with zero attached hydrogens (tertiary/aromatic N) is 5. The third-order valence-electron chi connectivity index (χ3n) is 7.96. The normalized spacial score (nSPS) is 13.3. The first-order valence-electron chi connectivity index (χ1n) is 14.9. The molecule has 3 aromatic carbocycles. The van der Waals surface area contributed by atoms with Gasteiger partial charge in [0.2, 0.25) is 11.8 Å². The van der Waals surface area contributed by atoms with Gasteiger partial charge in [-0.15, -0.1) is 0 Å². The molecule has 0 unspecified atom stereocenters. The van der Waals surface area contributed by atoms with E-state index in [2.05, 4.69) is 27.1 Å². The van der Waals surface area contributed by atoms with Gasteiger partial charge in [-0.3, -0.25) is 9.59 Å². The fourth-order valence-corrected chi connectivity index (χ4v) is 5.67. The van der Waals surface area contributed by atoms with Crippen molar-refractivity contribution in [3.05, 3.63) is 155 Å². The van der Waals surface area contributed by atoms with Crippen LogP contribution in [0.2, 0.25) is 5.15 Å². The molecule has 0 fully saturated rings. The Labute approximate surface area is 267 Å². The van der Waals surface area contributed by atoms with Crippen LogP contribution in [0, 0.1) is 0 Å². The van der Waals surface area contributed by atoms with Crippen molar-refractivity contribution in [2.45, 2.75) is 32.0 Å². The molecule has 1 aliphatic rings. The number of benzene rings is 3. The van der Waals surface area contributed by atoms with E-state index in [9.17, 15) is 9.59 Å². The molecule has 0 spiro atoms. The Morgan fingerprint density at radius 1 is 0.822 bits per heavy atom. The molecule has 1 atom stereocenters. The zero-order valence-corrected chi connectivity index (χ0v) is 25.4. The van der Waals surface area contributed by atoms with Crippen molar-refractivity contribution in [2.75, 3.05) is 6.54 Å². The highest BCUT2D eigenvalue weighted by Crippen LogP contribution is 2.24. The summed E-state index contributed by atoms with van der Waals surface area (Å²) in [6, 6.07) is 30.4. The maximum Gasteiger partial charge on any atom is 0.247 e. The van der Waals surface area contributed by atoms with Crippen LogP contribution in [0.15, 0.2) is 122 Å². The average molecular weight is 614 g/mol. The maximum absolute atomic E-state index is 14.5. The maximum atomic E-state index is 14.5. The van der Waals surface area contributed by atoms with Crippen LogP contribution < -0.4 is 0 Å². The summed E-state index contributed by atoms with van der Waals surface area (Å²) < 4.78 is 0. The fourth-order valence-electron chi connectivity index (χ4n) is 5.56. The molecule has 2 aromatic heterocycles. The number of hydrogen-bond acceptors (Lipinski definition) is 5. The largest absolute Gasteiger partial charge is 0.336 e. The first-order valence-corrected chi connectivity index (χ1v) is 15.3. The number of amides is 2. The lowest BCUT2D eigenvalue weighted by atomic mass is 9.97. The van der Waals surface area contributed by atoms with Crippen molar-refractivity contribution in [3.8, 4) is 11.4 Å². The Morgan fingerprint density at radius 3 is 2.29 bits per heavy atom. The molecule has 0 aliphatic carbocycles. The number of carbonyl (C=O) groups excluding carboxylic acids is 2. The molecule has 0 radical (unpaired) electrons. The minimum absolute atomic E-state index is 0.0717. The van der Waals surface area contributed by atoms with Gasteiger partial charge in [-0.25, -0.2) is 15.0 Å². The first kappa shape index (κ1) is 29.9. The van der Waals surface area contributed by atoms with Crippen LogP contribution in [0.1, 0.15) is 27.8 Å². The first-order chi connectivity index (χ1) is 22.0. The fraction of sp³-hybridized carbons (Fsp3) is 0.162. The van der Waals surface area contributed by atoms with Gasteiger partial charge in [-0.2, -0.15) is 0 Å². The molecule has 0 bridgehead atoms. The lowest BCUT2D eigenvalue weighted by Gasteiger charge is -2.37. The van der Waals surface area contributed by atoms with E-state index in [4.69, 9.17) is 11.6 Å². The van der Waals surface area contributed by atoms with E-state index in [1.54, 1.807) is 47.8 Å². The Bertz CT molecular complexity index is 1780. The summed E-state index contributed by atoms with van der Waals surface area (Å²) in [5, 5.41) is 0.376. The van der Waals surface area contributed by atoms with Crippen LogP contribution in [-0.2, 0) is 35.5 Å². The molecule has 8 heteroatoms. The second kappa shape index (κ2) is 14.1. The summed E-state index contributed by atoms with van der Waals surface area (Å²) in [6.45, 7) is 1.35. The van der Waals surface area contributed by atoms with Crippen molar-refractivity contribution in [1.29, 1.82) is 0 Å². The van der Waals surface area contributed by atoms with E-state index in [0.717, 1.165) is 34.2 Å². The predicted molar refractivity (Wildman–Crippen MR) is 176 cm³/mol. The molecule has 0 saturated carbocycles. The summed E-state index contributed by atoms with van der Waals surface area (Å²) in [5.41, 5.74) is 5.88. The molecule has 1 aliphatic heterocycles. The SMILES string of the molecule is O=C([C@H](Cc1ccccc1)N(Cc1ccc(-c2ncccn2)cc1)C(=O)C=Cc1ccc(Cl)nc1)N1CCc2ccccc2C1. The third kappa shape index (κ3) is 7.51. The summed E-state index contributed by atoms with van der Waals surface area (Å²) in [4.78, 5) is 44.9. The highest BCUT2D eigenvalue weighted by molar-refractivity contribution is 6.29. The number of rotatable bonds is 9. The van der Waals surface area contributed by atoms with Crippen molar-refractivity contribution < 1.29 is 9.59 Å². The molecule has 0 saturated heterocycles. The molecule has 0 N–H and O–H groups in total. The van der Waals surface area contributed by atoms with Crippen LogP contribution >= 0.6 is 11.6 Å². The monoisotopic (exact) mass is 613 g/mol. The molecule has 2 amide bonds. The van der Waals surface area contributed by atoms with E-state index in [0.29, 0.717) is 30.5 Å². The van der Waals surface area contributed by atoms with Gasteiger partial charge in [-0.1, -0.05) is 96.5 Å².